The van der Waals surface area contributed by atoms with E-state index < -0.39 is 0 Å². The normalized spacial score (nSPS) is 17.6. The standard InChI is InChI=1S/C14H11FN2O/c15-10-7-5-9(6-8-10)13-11-3-1-2-4-12(11)16-14(18)17-13/h1-8,13H,(H2,16,17,18). The van der Waals surface area contributed by atoms with Crippen LogP contribution >= 0.6 is 0 Å². The molecule has 90 valence electrons. The molecule has 2 aromatic carbocycles. The molecule has 0 fully saturated rings. The Hall–Kier alpha value is -2.36. The van der Waals surface area contributed by atoms with Gasteiger partial charge in [0.25, 0.3) is 0 Å². The highest BCUT2D eigenvalue weighted by molar-refractivity contribution is 5.93. The van der Waals surface area contributed by atoms with Crippen molar-refractivity contribution in [2.75, 3.05) is 5.32 Å². The van der Waals surface area contributed by atoms with Crippen LogP contribution in [-0.2, 0) is 0 Å². The van der Waals surface area contributed by atoms with Crippen LogP contribution in [0.15, 0.2) is 48.5 Å². The van der Waals surface area contributed by atoms with Gasteiger partial charge < -0.3 is 10.6 Å². The first kappa shape index (κ1) is 10.8. The fourth-order valence-corrected chi connectivity index (χ4v) is 2.15. The summed E-state index contributed by atoms with van der Waals surface area (Å²) < 4.78 is 12.9. The molecule has 2 N–H and O–H groups in total. The van der Waals surface area contributed by atoms with Crippen molar-refractivity contribution in [3.05, 3.63) is 65.5 Å². The molecule has 0 saturated heterocycles. The highest BCUT2D eigenvalue weighted by Gasteiger charge is 2.24. The van der Waals surface area contributed by atoms with E-state index in [0.717, 1.165) is 16.8 Å². The molecule has 2 aromatic rings. The molecule has 0 bridgehead atoms. The maximum atomic E-state index is 12.9. The number of hydrogen-bond acceptors (Lipinski definition) is 1. The van der Waals surface area contributed by atoms with Crippen LogP contribution in [0.4, 0.5) is 14.9 Å². The summed E-state index contributed by atoms with van der Waals surface area (Å²) in [6, 6.07) is 13.2. The molecule has 0 aliphatic carbocycles. The summed E-state index contributed by atoms with van der Waals surface area (Å²) in [6.45, 7) is 0. The molecule has 0 radical (unpaired) electrons. The van der Waals surface area contributed by atoms with Crippen LogP contribution in [0, 0.1) is 5.82 Å². The second-order valence-corrected chi connectivity index (χ2v) is 4.17. The number of nitrogens with one attached hydrogen (secondary N) is 2. The highest BCUT2D eigenvalue weighted by atomic mass is 19.1. The smallest absolute Gasteiger partial charge is 0.320 e. The minimum atomic E-state index is -0.285. The number of urea groups is 1. The molecule has 0 aromatic heterocycles. The maximum Gasteiger partial charge on any atom is 0.320 e. The number of fused-ring (bicyclic) bond motifs is 1. The number of hydrogen-bond donors (Lipinski definition) is 2. The Kier molecular flexibility index (Phi) is 2.48. The molecular formula is C14H11FN2O. The van der Waals surface area contributed by atoms with E-state index in [1.165, 1.54) is 12.1 Å². The maximum absolute atomic E-state index is 12.9. The third-order valence-electron chi connectivity index (χ3n) is 3.00. The molecule has 4 heteroatoms. The van der Waals surface area contributed by atoms with Gasteiger partial charge in [0, 0.05) is 11.3 Å². The summed E-state index contributed by atoms with van der Waals surface area (Å²) in [5, 5.41) is 5.58. The van der Waals surface area contributed by atoms with Gasteiger partial charge in [0.2, 0.25) is 0 Å². The number of carbonyl (C=O) groups excluding carboxylic acids is 1. The summed E-state index contributed by atoms with van der Waals surface area (Å²) >= 11 is 0. The topological polar surface area (TPSA) is 41.1 Å². The third kappa shape index (κ3) is 1.82. The molecule has 18 heavy (non-hydrogen) atoms. The zero-order chi connectivity index (χ0) is 12.5. The van der Waals surface area contributed by atoms with Gasteiger partial charge >= 0.3 is 6.03 Å². The fraction of sp³-hybridized carbons (Fsp3) is 0.0714. The minimum Gasteiger partial charge on any atom is -0.327 e. The number of carbonyl (C=O) groups is 1. The van der Waals surface area contributed by atoms with E-state index in [-0.39, 0.29) is 17.9 Å². The first-order chi connectivity index (χ1) is 8.74. The van der Waals surface area contributed by atoms with Crippen molar-refractivity contribution in [3.63, 3.8) is 0 Å². The Balaban J connectivity index is 2.07. The lowest BCUT2D eigenvalue weighted by atomic mass is 9.96. The van der Waals surface area contributed by atoms with E-state index in [4.69, 9.17) is 0 Å². The molecule has 2 amide bonds. The van der Waals surface area contributed by atoms with Crippen LogP contribution in [-0.4, -0.2) is 6.03 Å². The molecule has 0 saturated carbocycles. The predicted octanol–water partition coefficient (Wildman–Crippen LogP) is 3.05. The number of anilines is 1. The molecular weight excluding hydrogens is 231 g/mol. The number of benzene rings is 2. The summed E-state index contributed by atoms with van der Waals surface area (Å²) in [4.78, 5) is 11.6. The predicted molar refractivity (Wildman–Crippen MR) is 66.8 cm³/mol. The van der Waals surface area contributed by atoms with Gasteiger partial charge in [-0.3, -0.25) is 0 Å². The highest BCUT2D eigenvalue weighted by Crippen LogP contribution is 2.31. The van der Waals surface area contributed by atoms with E-state index in [1.807, 2.05) is 24.3 Å². The molecule has 1 unspecified atom stereocenters. The monoisotopic (exact) mass is 242 g/mol. The van der Waals surface area contributed by atoms with E-state index in [9.17, 15) is 9.18 Å². The second kappa shape index (κ2) is 4.14. The van der Waals surface area contributed by atoms with E-state index in [1.54, 1.807) is 12.1 Å². The average Bonchev–Trinajstić information content (AvgIpc) is 2.38. The van der Waals surface area contributed by atoms with Crippen molar-refractivity contribution >= 4 is 11.7 Å². The summed E-state index contributed by atoms with van der Waals surface area (Å²) in [6.07, 6.45) is 0. The van der Waals surface area contributed by atoms with Crippen molar-refractivity contribution in [2.24, 2.45) is 0 Å². The average molecular weight is 242 g/mol. The Morgan fingerprint density at radius 1 is 1.00 bits per heavy atom. The van der Waals surface area contributed by atoms with Crippen molar-refractivity contribution in [2.45, 2.75) is 6.04 Å². The Morgan fingerprint density at radius 2 is 1.72 bits per heavy atom. The molecule has 1 heterocycles. The lowest BCUT2D eigenvalue weighted by Gasteiger charge is -2.27. The SMILES string of the molecule is O=C1Nc2ccccc2C(c2ccc(F)cc2)N1. The van der Waals surface area contributed by atoms with Gasteiger partial charge in [-0.25, -0.2) is 9.18 Å². The van der Waals surface area contributed by atoms with Crippen molar-refractivity contribution in [3.8, 4) is 0 Å². The van der Waals surface area contributed by atoms with Crippen LogP contribution in [0.1, 0.15) is 17.2 Å². The number of para-hydroxylation sites is 1. The van der Waals surface area contributed by atoms with Crippen molar-refractivity contribution < 1.29 is 9.18 Å². The first-order valence-electron chi connectivity index (χ1n) is 5.66. The summed E-state index contributed by atoms with van der Waals surface area (Å²) in [5.74, 6) is -0.285. The molecule has 3 rings (SSSR count). The summed E-state index contributed by atoms with van der Waals surface area (Å²) in [5.41, 5.74) is 2.62. The Bertz CT molecular complexity index is 595. The zero-order valence-electron chi connectivity index (χ0n) is 9.48. The second-order valence-electron chi connectivity index (χ2n) is 4.17. The number of amides is 2. The number of rotatable bonds is 1. The molecule has 1 atom stereocenters. The van der Waals surface area contributed by atoms with Crippen LogP contribution in [0.5, 0.6) is 0 Å². The van der Waals surface area contributed by atoms with Gasteiger partial charge in [0.05, 0.1) is 6.04 Å². The largest absolute Gasteiger partial charge is 0.327 e. The zero-order valence-corrected chi connectivity index (χ0v) is 9.48. The Labute approximate surface area is 104 Å². The van der Waals surface area contributed by atoms with E-state index >= 15 is 0 Å². The van der Waals surface area contributed by atoms with Gasteiger partial charge in [-0.15, -0.1) is 0 Å². The lowest BCUT2D eigenvalue weighted by Crippen LogP contribution is -2.38. The van der Waals surface area contributed by atoms with Crippen LogP contribution in [0.2, 0.25) is 0 Å². The van der Waals surface area contributed by atoms with Gasteiger partial charge in [0.15, 0.2) is 0 Å². The third-order valence-corrected chi connectivity index (χ3v) is 3.00. The quantitative estimate of drug-likeness (QED) is 0.792. The van der Waals surface area contributed by atoms with Crippen molar-refractivity contribution in [1.82, 2.24) is 5.32 Å². The fourth-order valence-electron chi connectivity index (χ4n) is 2.15. The van der Waals surface area contributed by atoms with Crippen molar-refractivity contribution in [1.29, 1.82) is 0 Å². The molecule has 1 aliphatic heterocycles. The van der Waals surface area contributed by atoms with Crippen LogP contribution in [0.25, 0.3) is 0 Å². The lowest BCUT2D eigenvalue weighted by molar-refractivity contribution is 0.249. The molecule has 3 nitrogen and oxygen atoms in total. The van der Waals surface area contributed by atoms with Gasteiger partial charge in [-0.05, 0) is 23.8 Å². The summed E-state index contributed by atoms with van der Waals surface area (Å²) in [7, 11) is 0. The van der Waals surface area contributed by atoms with Crippen LogP contribution < -0.4 is 10.6 Å². The van der Waals surface area contributed by atoms with E-state index in [2.05, 4.69) is 10.6 Å². The van der Waals surface area contributed by atoms with Gasteiger partial charge in [-0.1, -0.05) is 30.3 Å². The van der Waals surface area contributed by atoms with E-state index in [0.29, 0.717) is 0 Å². The van der Waals surface area contributed by atoms with Crippen LogP contribution in [0.3, 0.4) is 0 Å². The Morgan fingerprint density at radius 3 is 2.50 bits per heavy atom. The van der Waals surface area contributed by atoms with Gasteiger partial charge in [0.1, 0.15) is 5.82 Å². The minimum absolute atomic E-state index is 0.240. The molecule has 1 aliphatic rings. The number of halogens is 1. The first-order valence-corrected chi connectivity index (χ1v) is 5.66. The molecule has 0 spiro atoms. The van der Waals surface area contributed by atoms with Gasteiger partial charge in [-0.2, -0.15) is 0 Å².